The number of rotatable bonds is 46. The molecule has 0 saturated carbocycles. The van der Waals surface area contributed by atoms with E-state index in [-0.39, 0.29) is 49.7 Å². The minimum atomic E-state index is -0.860. The highest BCUT2D eigenvalue weighted by atomic mass is 16.6. The Balaban J connectivity index is 1.58. The van der Waals surface area contributed by atoms with Crippen LogP contribution in [0.5, 0.6) is 0 Å². The van der Waals surface area contributed by atoms with Crippen LogP contribution in [0.3, 0.4) is 0 Å². The number of unbranched alkanes of at least 4 members (excludes halogenated alkanes) is 17. The van der Waals surface area contributed by atoms with Gasteiger partial charge in [0, 0.05) is 38.0 Å². The van der Waals surface area contributed by atoms with Crippen molar-refractivity contribution in [3.63, 3.8) is 0 Å². The zero-order valence-electron chi connectivity index (χ0n) is 47.2. The Labute approximate surface area is 446 Å². The second-order valence-electron chi connectivity index (χ2n) is 20.8. The SMILES string of the molecule is CCCCCCCCOC(=O)CCN(CCCCCC(=O)OC(C)(C)Cn1c(COCC)nc2c(N)nc3ccccc3c21)CCCN(CCC(=O)OCCCCCCCC)CCC(=O)OCCCCCCCC. The molecule has 2 aromatic heterocycles. The molecule has 0 aliphatic rings. The van der Waals surface area contributed by atoms with Gasteiger partial charge in [-0.3, -0.25) is 19.2 Å². The number of benzene rings is 1. The molecule has 2 N–H and O–H groups in total. The normalized spacial score (nSPS) is 11.8. The number of ether oxygens (including phenoxy) is 5. The number of para-hydroxylation sites is 1. The largest absolute Gasteiger partial charge is 0.466 e. The van der Waals surface area contributed by atoms with Crippen LogP contribution in [0.15, 0.2) is 24.3 Å². The van der Waals surface area contributed by atoms with Gasteiger partial charge in [0.05, 0.1) is 56.7 Å². The van der Waals surface area contributed by atoms with Crippen LogP contribution in [-0.4, -0.2) is 120 Å². The molecule has 15 nitrogen and oxygen atoms in total. The maximum atomic E-state index is 13.4. The number of carbonyl (C=O) groups excluding carboxylic acids is 4. The number of nitrogens with zero attached hydrogens (tertiary/aromatic N) is 5. The van der Waals surface area contributed by atoms with E-state index in [1.165, 1.54) is 57.8 Å². The molecule has 2 heterocycles. The summed E-state index contributed by atoms with van der Waals surface area (Å²) in [7, 11) is 0. The molecular formula is C59H100N6O9. The van der Waals surface area contributed by atoms with Crippen LogP contribution in [0.4, 0.5) is 5.82 Å². The Bertz CT molecular complexity index is 1970. The zero-order chi connectivity index (χ0) is 53.7. The first-order valence-corrected chi connectivity index (χ1v) is 29.2. The van der Waals surface area contributed by atoms with Crippen LogP contribution < -0.4 is 5.73 Å². The van der Waals surface area contributed by atoms with Crippen molar-refractivity contribution in [3.8, 4) is 0 Å². The van der Waals surface area contributed by atoms with Crippen molar-refractivity contribution in [2.24, 2.45) is 0 Å². The third-order valence-electron chi connectivity index (χ3n) is 13.5. The third kappa shape index (κ3) is 27.4. The molecule has 0 aliphatic carbocycles. The number of hydrogen-bond donors (Lipinski definition) is 1. The van der Waals surface area contributed by atoms with Crippen LogP contribution >= 0.6 is 0 Å². The highest BCUT2D eigenvalue weighted by molar-refractivity contribution is 6.06. The van der Waals surface area contributed by atoms with Crippen molar-refractivity contribution in [1.29, 1.82) is 0 Å². The first-order valence-electron chi connectivity index (χ1n) is 29.2. The van der Waals surface area contributed by atoms with E-state index in [0.29, 0.717) is 89.2 Å². The molecular weight excluding hydrogens is 937 g/mol. The number of hydrogen-bond acceptors (Lipinski definition) is 14. The summed E-state index contributed by atoms with van der Waals surface area (Å²) in [4.78, 5) is 65.9. The molecule has 0 radical (unpaired) electrons. The molecule has 3 aromatic rings. The van der Waals surface area contributed by atoms with Crippen LogP contribution in [0.2, 0.25) is 0 Å². The van der Waals surface area contributed by atoms with E-state index in [2.05, 4.69) is 40.1 Å². The number of fused-ring (bicyclic) bond motifs is 3. The van der Waals surface area contributed by atoms with Crippen molar-refractivity contribution in [2.75, 3.05) is 71.4 Å². The number of nitrogens with two attached hydrogens (primary N) is 1. The smallest absolute Gasteiger partial charge is 0.307 e. The van der Waals surface area contributed by atoms with E-state index < -0.39 is 5.60 Å². The second kappa shape index (κ2) is 39.1. The molecule has 0 amide bonds. The fraction of sp³-hybridized carbons (Fsp3) is 0.763. The first-order chi connectivity index (χ1) is 35.9. The summed E-state index contributed by atoms with van der Waals surface area (Å²) in [5.41, 5.74) is 7.75. The summed E-state index contributed by atoms with van der Waals surface area (Å²) in [6.45, 7) is 18.6. The van der Waals surface area contributed by atoms with Gasteiger partial charge in [-0.2, -0.15) is 0 Å². The van der Waals surface area contributed by atoms with E-state index in [1.807, 2.05) is 45.0 Å². The zero-order valence-corrected chi connectivity index (χ0v) is 47.2. The van der Waals surface area contributed by atoms with Crippen LogP contribution in [0.25, 0.3) is 21.9 Å². The molecule has 3 rings (SSSR count). The molecule has 15 heteroatoms. The van der Waals surface area contributed by atoms with Gasteiger partial charge < -0.3 is 43.8 Å². The van der Waals surface area contributed by atoms with E-state index in [1.54, 1.807) is 0 Å². The minimum absolute atomic E-state index is 0.184. The van der Waals surface area contributed by atoms with Gasteiger partial charge in [0.25, 0.3) is 0 Å². The quantitative estimate of drug-likeness (QED) is 0.0321. The molecule has 0 saturated heterocycles. The summed E-state index contributed by atoms with van der Waals surface area (Å²) in [5, 5.41) is 0.914. The summed E-state index contributed by atoms with van der Waals surface area (Å²) in [5.74, 6) is 0.166. The highest BCUT2D eigenvalue weighted by Crippen LogP contribution is 2.31. The van der Waals surface area contributed by atoms with Crippen molar-refractivity contribution in [3.05, 3.63) is 30.1 Å². The topological polar surface area (TPSA) is 178 Å². The van der Waals surface area contributed by atoms with Crippen molar-refractivity contribution in [2.45, 2.75) is 227 Å². The Morgan fingerprint density at radius 1 is 0.541 bits per heavy atom. The molecule has 0 bridgehead atoms. The predicted octanol–water partition coefficient (Wildman–Crippen LogP) is 12.5. The monoisotopic (exact) mass is 1040 g/mol. The average Bonchev–Trinajstić information content (AvgIpc) is 3.74. The van der Waals surface area contributed by atoms with Gasteiger partial charge in [-0.05, 0) is 85.0 Å². The Morgan fingerprint density at radius 3 is 1.51 bits per heavy atom. The summed E-state index contributed by atoms with van der Waals surface area (Å²) < 4.78 is 30.8. The number of pyridine rings is 1. The van der Waals surface area contributed by atoms with Gasteiger partial charge in [0.2, 0.25) is 0 Å². The molecule has 0 unspecified atom stereocenters. The van der Waals surface area contributed by atoms with Gasteiger partial charge >= 0.3 is 23.9 Å². The highest BCUT2D eigenvalue weighted by Gasteiger charge is 2.28. The van der Waals surface area contributed by atoms with E-state index in [0.717, 1.165) is 107 Å². The van der Waals surface area contributed by atoms with Crippen LogP contribution in [0.1, 0.15) is 214 Å². The van der Waals surface area contributed by atoms with Gasteiger partial charge in [-0.25, -0.2) is 9.97 Å². The van der Waals surface area contributed by atoms with E-state index in [9.17, 15) is 19.2 Å². The fourth-order valence-electron chi connectivity index (χ4n) is 9.29. The minimum Gasteiger partial charge on any atom is -0.466 e. The van der Waals surface area contributed by atoms with Crippen LogP contribution in [0, 0.1) is 0 Å². The average molecular weight is 1040 g/mol. The van der Waals surface area contributed by atoms with E-state index >= 15 is 0 Å². The van der Waals surface area contributed by atoms with Gasteiger partial charge in [0.15, 0.2) is 5.82 Å². The lowest BCUT2D eigenvalue weighted by Gasteiger charge is -2.27. The number of esters is 4. The molecule has 0 aliphatic heterocycles. The summed E-state index contributed by atoms with van der Waals surface area (Å²) in [6.07, 6.45) is 24.5. The summed E-state index contributed by atoms with van der Waals surface area (Å²) >= 11 is 0. The molecule has 0 atom stereocenters. The van der Waals surface area contributed by atoms with Gasteiger partial charge in [-0.15, -0.1) is 0 Å². The lowest BCUT2D eigenvalue weighted by Crippen LogP contribution is -2.34. The van der Waals surface area contributed by atoms with Crippen molar-refractivity contribution >= 4 is 51.6 Å². The number of aromatic nitrogens is 3. The van der Waals surface area contributed by atoms with Crippen molar-refractivity contribution in [1.82, 2.24) is 24.3 Å². The van der Waals surface area contributed by atoms with E-state index in [4.69, 9.17) is 34.4 Å². The molecule has 0 spiro atoms. The standard InChI is InChI=1S/C59H100N6O9/c1-7-11-14-17-20-28-44-71-52(66)35-41-63(39-31-40-64(42-36-53(67)72-45-29-21-18-15-12-8-2)43-37-54(68)73-46-30-22-19-16-13-9-3)38-27-23-24-34-55(69)74-59(5,6)48-65-51(47-70-10-4)62-56-57(65)49-32-25-26-33-50(49)61-58(56)60/h25-26,32-33H,7-24,27-31,34-48H2,1-6H3,(H2,60,61). The third-order valence-corrected chi connectivity index (χ3v) is 13.5. The molecule has 1 aromatic carbocycles. The van der Waals surface area contributed by atoms with Gasteiger partial charge in [-0.1, -0.05) is 142 Å². The number of anilines is 1. The predicted molar refractivity (Wildman–Crippen MR) is 298 cm³/mol. The second-order valence-corrected chi connectivity index (χ2v) is 20.8. The maximum absolute atomic E-state index is 13.4. The summed E-state index contributed by atoms with van der Waals surface area (Å²) in [6, 6.07) is 7.82. The lowest BCUT2D eigenvalue weighted by molar-refractivity contribution is -0.158. The lowest BCUT2D eigenvalue weighted by atomic mass is 10.1. The Kier molecular flexibility index (Phi) is 33.8. The Morgan fingerprint density at radius 2 is 1.00 bits per heavy atom. The Hall–Kier alpha value is -4.34. The van der Waals surface area contributed by atoms with Gasteiger partial charge in [0.1, 0.15) is 23.5 Å². The number of imidazole rings is 1. The maximum Gasteiger partial charge on any atom is 0.307 e. The molecule has 0 fully saturated rings. The first kappa shape index (κ1) is 63.9. The number of carbonyl (C=O) groups is 4. The number of nitrogen functional groups attached to an aromatic ring is 1. The molecule has 420 valence electrons. The molecule has 74 heavy (non-hydrogen) atoms. The fourth-order valence-corrected chi connectivity index (χ4v) is 9.29. The van der Waals surface area contributed by atoms with Crippen molar-refractivity contribution < 1.29 is 42.9 Å². The van der Waals surface area contributed by atoms with Crippen LogP contribution in [-0.2, 0) is 56.0 Å².